The smallest absolute Gasteiger partial charge is 0.326 e. The lowest BCUT2D eigenvalue weighted by Gasteiger charge is -2.26. The molecule has 4 unspecified atom stereocenters. The van der Waals surface area contributed by atoms with Crippen LogP contribution in [0.3, 0.4) is 0 Å². The molecule has 6 N–H and O–H groups in total. The molecule has 1 aromatic heterocycles. The van der Waals surface area contributed by atoms with Crippen molar-refractivity contribution >= 4 is 46.8 Å². The van der Waals surface area contributed by atoms with Gasteiger partial charge in [-0.15, -0.1) is 11.3 Å². The normalized spacial score (nSPS) is 20.6. The fourth-order valence-electron chi connectivity index (χ4n) is 6.84. The highest BCUT2D eigenvalue weighted by Crippen LogP contribution is 2.22. The summed E-state index contributed by atoms with van der Waals surface area (Å²) in [5.74, 6) is -3.51. The van der Waals surface area contributed by atoms with Crippen LogP contribution in [0, 0.1) is 5.92 Å². The van der Waals surface area contributed by atoms with E-state index in [-0.39, 0.29) is 51.0 Å². The number of carbonyl (C=O) groups is 6. The average Bonchev–Trinajstić information content (AvgIpc) is 3.72. The molecule has 0 saturated carbocycles. The summed E-state index contributed by atoms with van der Waals surface area (Å²) in [4.78, 5) is 81.1. The van der Waals surface area contributed by atoms with E-state index in [2.05, 4.69) is 64.7 Å². The van der Waals surface area contributed by atoms with E-state index in [1.807, 2.05) is 47.8 Å². The SMILES string of the molecule is CC(C)Cc1ccc(-c2ccc(CC3NC(=O)C(Cc4cccs4)NC(=O)CCC(=O)NCCCCC(C(=O)O)NC(=O)C(Cc4ccccc4)NC3=O)cc2)cc1. The Bertz CT molecular complexity index is 1990. The topological polar surface area (TPSA) is 183 Å². The maximum absolute atomic E-state index is 14.4. The Morgan fingerprint density at radius 2 is 1.19 bits per heavy atom. The summed E-state index contributed by atoms with van der Waals surface area (Å²) in [6.07, 6.45) is 1.87. The number of benzene rings is 3. The lowest BCUT2D eigenvalue weighted by atomic mass is 9.97. The average molecular weight is 808 g/mol. The van der Waals surface area contributed by atoms with Crippen LogP contribution in [0.15, 0.2) is 96.4 Å². The van der Waals surface area contributed by atoms with E-state index in [9.17, 15) is 33.9 Å². The Morgan fingerprint density at radius 1 is 0.638 bits per heavy atom. The zero-order chi connectivity index (χ0) is 41.4. The number of carbonyl (C=O) groups excluding carboxylic acids is 5. The molecule has 5 amide bonds. The molecule has 0 bridgehead atoms. The van der Waals surface area contributed by atoms with Crippen LogP contribution >= 0.6 is 11.3 Å². The van der Waals surface area contributed by atoms with E-state index in [1.165, 1.54) is 16.9 Å². The van der Waals surface area contributed by atoms with Gasteiger partial charge in [-0.2, -0.15) is 0 Å². The Morgan fingerprint density at radius 3 is 1.76 bits per heavy atom. The van der Waals surface area contributed by atoms with Gasteiger partial charge in [0.25, 0.3) is 0 Å². The first-order chi connectivity index (χ1) is 27.9. The van der Waals surface area contributed by atoms with Crippen LogP contribution in [-0.2, 0) is 54.5 Å². The lowest BCUT2D eigenvalue weighted by Crippen LogP contribution is -2.59. The summed E-state index contributed by atoms with van der Waals surface area (Å²) in [6.45, 7) is 4.62. The Balaban J connectivity index is 1.45. The molecular weight excluding hydrogens is 755 g/mol. The summed E-state index contributed by atoms with van der Waals surface area (Å²) in [5.41, 5.74) is 4.73. The molecule has 12 nitrogen and oxygen atoms in total. The summed E-state index contributed by atoms with van der Waals surface area (Å²) < 4.78 is 0. The number of hydrogen-bond acceptors (Lipinski definition) is 7. The number of thiophene rings is 1. The zero-order valence-corrected chi connectivity index (χ0v) is 33.8. The second kappa shape index (κ2) is 21.6. The molecule has 5 rings (SSSR count). The van der Waals surface area contributed by atoms with Crippen LogP contribution < -0.4 is 26.6 Å². The van der Waals surface area contributed by atoms with Gasteiger partial charge < -0.3 is 31.7 Å². The van der Waals surface area contributed by atoms with Gasteiger partial charge in [0.05, 0.1) is 0 Å². The van der Waals surface area contributed by atoms with E-state index >= 15 is 0 Å². The molecule has 1 aliphatic rings. The highest BCUT2D eigenvalue weighted by atomic mass is 32.1. The molecule has 3 aromatic carbocycles. The van der Waals surface area contributed by atoms with Crippen LogP contribution in [0.1, 0.15) is 67.5 Å². The van der Waals surface area contributed by atoms with Gasteiger partial charge in [0.15, 0.2) is 0 Å². The van der Waals surface area contributed by atoms with Crippen molar-refractivity contribution in [2.75, 3.05) is 6.54 Å². The zero-order valence-electron chi connectivity index (χ0n) is 33.0. The maximum Gasteiger partial charge on any atom is 0.326 e. The number of carboxylic acids is 1. The molecule has 4 aromatic rings. The number of hydrogen-bond donors (Lipinski definition) is 6. The second-order valence-corrected chi connectivity index (χ2v) is 16.2. The van der Waals surface area contributed by atoms with Crippen molar-refractivity contribution in [2.24, 2.45) is 5.92 Å². The van der Waals surface area contributed by atoms with Crippen LogP contribution in [0.25, 0.3) is 11.1 Å². The quantitative estimate of drug-likeness (QED) is 0.134. The number of carboxylic acid groups (broad SMARTS) is 1. The monoisotopic (exact) mass is 807 g/mol. The van der Waals surface area contributed by atoms with Gasteiger partial charge in [-0.25, -0.2) is 4.79 Å². The van der Waals surface area contributed by atoms with E-state index in [0.717, 1.165) is 33.6 Å². The predicted molar refractivity (Wildman–Crippen MR) is 224 cm³/mol. The van der Waals surface area contributed by atoms with Crippen molar-refractivity contribution in [3.8, 4) is 11.1 Å². The molecule has 1 aliphatic heterocycles. The maximum atomic E-state index is 14.4. The van der Waals surface area contributed by atoms with E-state index < -0.39 is 53.8 Å². The number of rotatable bonds is 10. The van der Waals surface area contributed by atoms with Gasteiger partial charge in [-0.1, -0.05) is 98.8 Å². The highest BCUT2D eigenvalue weighted by Gasteiger charge is 2.32. The number of nitrogens with one attached hydrogen (secondary N) is 5. The Hall–Kier alpha value is -5.82. The van der Waals surface area contributed by atoms with Crippen molar-refractivity contribution < 1.29 is 33.9 Å². The first kappa shape index (κ1) is 43.3. The van der Waals surface area contributed by atoms with Gasteiger partial charge in [-0.05, 0) is 70.9 Å². The van der Waals surface area contributed by atoms with Crippen molar-refractivity contribution in [1.29, 1.82) is 0 Å². The van der Waals surface area contributed by atoms with Gasteiger partial charge >= 0.3 is 5.97 Å². The predicted octanol–water partition coefficient (Wildman–Crippen LogP) is 4.75. The first-order valence-corrected chi connectivity index (χ1v) is 20.8. The summed E-state index contributed by atoms with van der Waals surface area (Å²) >= 11 is 1.42. The van der Waals surface area contributed by atoms with E-state index in [4.69, 9.17) is 0 Å². The van der Waals surface area contributed by atoms with Crippen LogP contribution in [0.5, 0.6) is 0 Å². The van der Waals surface area contributed by atoms with Gasteiger partial charge in [0.2, 0.25) is 29.5 Å². The minimum Gasteiger partial charge on any atom is -0.480 e. The molecule has 0 spiro atoms. The van der Waals surface area contributed by atoms with E-state index in [0.29, 0.717) is 18.8 Å². The van der Waals surface area contributed by atoms with Crippen molar-refractivity contribution in [3.05, 3.63) is 118 Å². The number of aliphatic carboxylic acids is 1. The molecule has 58 heavy (non-hydrogen) atoms. The molecule has 13 heteroatoms. The lowest BCUT2D eigenvalue weighted by molar-refractivity contribution is -0.142. The Kier molecular flexibility index (Phi) is 16.2. The van der Waals surface area contributed by atoms with Crippen LogP contribution in [0.2, 0.25) is 0 Å². The standard InChI is InChI=1S/C45H53N5O7S/c1-29(2)25-31-13-17-33(18-14-31)34-19-15-32(16-20-34)27-38-43(54)49-37(26-30-9-4-3-5-10-30)42(53)48-36(45(56)57)12-6-7-23-46-40(51)21-22-41(52)47-39(44(55)50-38)28-35-11-8-24-58-35/h3-5,8-11,13-20,24,29,36-39H,6-7,12,21-23,25-28H2,1-2H3,(H,46,51)(H,47,52)(H,48,53)(H,49,54)(H,50,55)(H,56,57). The third kappa shape index (κ3) is 13.7. The molecule has 1 saturated heterocycles. The second-order valence-electron chi connectivity index (χ2n) is 15.2. The fraction of sp³-hybridized carbons (Fsp3) is 0.378. The summed E-state index contributed by atoms with van der Waals surface area (Å²) in [5, 5.41) is 25.7. The third-order valence-electron chi connectivity index (χ3n) is 9.95. The summed E-state index contributed by atoms with van der Waals surface area (Å²) in [6, 6.07) is 24.1. The van der Waals surface area contributed by atoms with Gasteiger partial charge in [0, 0.05) is 43.5 Å². The first-order valence-electron chi connectivity index (χ1n) is 19.9. The fourth-order valence-corrected chi connectivity index (χ4v) is 7.59. The van der Waals surface area contributed by atoms with Gasteiger partial charge in [-0.3, -0.25) is 24.0 Å². The van der Waals surface area contributed by atoms with Gasteiger partial charge in [0.1, 0.15) is 24.2 Å². The molecule has 1 fully saturated rings. The third-order valence-corrected chi connectivity index (χ3v) is 10.8. The molecule has 4 atom stereocenters. The number of amides is 5. The molecule has 2 heterocycles. The minimum atomic E-state index is -1.24. The van der Waals surface area contributed by atoms with Crippen LogP contribution in [0.4, 0.5) is 0 Å². The highest BCUT2D eigenvalue weighted by molar-refractivity contribution is 7.09. The largest absolute Gasteiger partial charge is 0.480 e. The molecule has 306 valence electrons. The molecule has 0 aliphatic carbocycles. The molecular formula is C45H53N5O7S. The molecule has 0 radical (unpaired) electrons. The van der Waals surface area contributed by atoms with Crippen LogP contribution in [-0.4, -0.2) is 71.3 Å². The summed E-state index contributed by atoms with van der Waals surface area (Å²) in [7, 11) is 0. The van der Waals surface area contributed by atoms with Crippen molar-refractivity contribution in [1.82, 2.24) is 26.6 Å². The van der Waals surface area contributed by atoms with Crippen molar-refractivity contribution in [2.45, 2.75) is 95.8 Å². The van der Waals surface area contributed by atoms with E-state index in [1.54, 1.807) is 24.3 Å². The Labute approximate surface area is 343 Å². The minimum absolute atomic E-state index is 0.0441. The van der Waals surface area contributed by atoms with Crippen molar-refractivity contribution in [3.63, 3.8) is 0 Å².